The van der Waals surface area contributed by atoms with Gasteiger partial charge in [0.05, 0.1) is 25.4 Å². The van der Waals surface area contributed by atoms with Gasteiger partial charge < -0.3 is 20.3 Å². The van der Waals surface area contributed by atoms with Crippen LogP contribution >= 0.6 is 0 Å². The summed E-state index contributed by atoms with van der Waals surface area (Å²) in [5.41, 5.74) is 0. The SMILES string of the molecule is CCCCCCCCCCCCCCCCCCCCCCCC(O)C(CO)NC(=O)CCCCC/C=C\CCCCCCCCOC(=O)CCCCCCCCCCCCCCCCC. The van der Waals surface area contributed by atoms with Crippen LogP contribution in [0.15, 0.2) is 12.2 Å². The number of amides is 1. The Bertz CT molecular complexity index is 986. The third kappa shape index (κ3) is 52.0. The standard InChI is InChI=1S/C60H117NO5/c1-3-5-7-9-11-13-15-17-19-20-21-22-23-24-26-28-32-36-40-44-48-52-58(63)57(56-62)61-59(64)53-49-45-41-37-33-29-27-31-35-39-43-47-51-55-66-60(65)54-50-46-42-38-34-30-25-18-16-14-12-10-8-6-4-2/h29,33,57-58,62-63H,3-28,30-32,34-56H2,1-2H3,(H,61,64)/b33-29-. The van der Waals surface area contributed by atoms with Crippen LogP contribution < -0.4 is 5.32 Å². The molecule has 0 aliphatic heterocycles. The number of carbonyl (C=O) groups excluding carboxylic acids is 2. The molecule has 0 radical (unpaired) electrons. The van der Waals surface area contributed by atoms with Gasteiger partial charge in [0.1, 0.15) is 0 Å². The third-order valence-electron chi connectivity index (χ3n) is 14.1. The maximum atomic E-state index is 12.5. The zero-order chi connectivity index (χ0) is 47.9. The number of carbonyl (C=O) groups is 2. The summed E-state index contributed by atoms with van der Waals surface area (Å²) >= 11 is 0. The average Bonchev–Trinajstić information content (AvgIpc) is 3.32. The Labute approximate surface area is 412 Å². The first-order valence-corrected chi connectivity index (χ1v) is 29.9. The first-order valence-electron chi connectivity index (χ1n) is 29.9. The van der Waals surface area contributed by atoms with Crippen molar-refractivity contribution in [1.29, 1.82) is 0 Å². The molecule has 0 aliphatic rings. The average molecular weight is 933 g/mol. The largest absolute Gasteiger partial charge is 0.466 e. The summed E-state index contributed by atoms with van der Waals surface area (Å²) in [5, 5.41) is 23.3. The van der Waals surface area contributed by atoms with Crippen molar-refractivity contribution in [3.8, 4) is 0 Å². The Morgan fingerprint density at radius 3 is 1.09 bits per heavy atom. The number of nitrogens with one attached hydrogen (secondary N) is 1. The van der Waals surface area contributed by atoms with Gasteiger partial charge in [-0.1, -0.05) is 283 Å². The molecule has 0 heterocycles. The summed E-state index contributed by atoms with van der Waals surface area (Å²) in [7, 11) is 0. The molecule has 392 valence electrons. The van der Waals surface area contributed by atoms with Crippen LogP contribution in [-0.4, -0.2) is 47.4 Å². The van der Waals surface area contributed by atoms with E-state index in [1.807, 2.05) is 0 Å². The number of hydrogen-bond acceptors (Lipinski definition) is 5. The highest BCUT2D eigenvalue weighted by atomic mass is 16.5. The number of aliphatic hydroxyl groups excluding tert-OH is 2. The second-order valence-corrected chi connectivity index (χ2v) is 20.7. The zero-order valence-corrected chi connectivity index (χ0v) is 44.7. The number of ether oxygens (including phenoxy) is 1. The molecule has 0 fully saturated rings. The molecule has 66 heavy (non-hydrogen) atoms. The third-order valence-corrected chi connectivity index (χ3v) is 14.1. The van der Waals surface area contributed by atoms with Gasteiger partial charge in [-0.05, 0) is 51.4 Å². The van der Waals surface area contributed by atoms with Crippen LogP contribution in [0.1, 0.15) is 335 Å². The van der Waals surface area contributed by atoms with E-state index in [0.29, 0.717) is 25.9 Å². The predicted octanol–water partition coefficient (Wildman–Crippen LogP) is 18.5. The van der Waals surface area contributed by atoms with E-state index >= 15 is 0 Å². The van der Waals surface area contributed by atoms with Gasteiger partial charge in [-0.15, -0.1) is 0 Å². The van der Waals surface area contributed by atoms with Gasteiger partial charge in [0, 0.05) is 12.8 Å². The van der Waals surface area contributed by atoms with Crippen molar-refractivity contribution in [2.75, 3.05) is 13.2 Å². The van der Waals surface area contributed by atoms with Gasteiger partial charge in [-0.25, -0.2) is 0 Å². The van der Waals surface area contributed by atoms with Crippen LogP contribution in [0.2, 0.25) is 0 Å². The highest BCUT2D eigenvalue weighted by Gasteiger charge is 2.20. The van der Waals surface area contributed by atoms with Crippen molar-refractivity contribution in [3.63, 3.8) is 0 Å². The zero-order valence-electron chi connectivity index (χ0n) is 44.7. The summed E-state index contributed by atoms with van der Waals surface area (Å²) in [6, 6.07) is -0.562. The number of hydrogen-bond donors (Lipinski definition) is 3. The Hall–Kier alpha value is -1.40. The molecule has 6 nitrogen and oxygen atoms in total. The number of aliphatic hydroxyl groups is 2. The van der Waals surface area contributed by atoms with Crippen LogP contribution in [0.25, 0.3) is 0 Å². The van der Waals surface area contributed by atoms with Gasteiger partial charge in [0.2, 0.25) is 5.91 Å². The van der Waals surface area contributed by atoms with E-state index < -0.39 is 12.1 Å². The van der Waals surface area contributed by atoms with Crippen LogP contribution in [0.3, 0.4) is 0 Å². The van der Waals surface area contributed by atoms with Crippen molar-refractivity contribution in [3.05, 3.63) is 12.2 Å². The molecular weight excluding hydrogens is 815 g/mol. The summed E-state index contributed by atoms with van der Waals surface area (Å²) in [4.78, 5) is 24.6. The van der Waals surface area contributed by atoms with E-state index in [1.54, 1.807) is 0 Å². The fourth-order valence-electron chi connectivity index (χ4n) is 9.46. The van der Waals surface area contributed by atoms with E-state index in [4.69, 9.17) is 4.74 Å². The lowest BCUT2D eigenvalue weighted by atomic mass is 10.0. The second-order valence-electron chi connectivity index (χ2n) is 20.7. The summed E-state index contributed by atoms with van der Waals surface area (Å²) in [5.74, 6) is -0.0697. The van der Waals surface area contributed by atoms with Crippen molar-refractivity contribution in [2.45, 2.75) is 347 Å². The summed E-state index contributed by atoms with van der Waals surface area (Å²) in [6.07, 6.45) is 66.3. The lowest BCUT2D eigenvalue weighted by Gasteiger charge is -2.22. The monoisotopic (exact) mass is 932 g/mol. The molecule has 0 rings (SSSR count). The molecule has 0 saturated heterocycles. The smallest absolute Gasteiger partial charge is 0.305 e. The minimum absolute atomic E-state index is 0.00864. The minimum Gasteiger partial charge on any atom is -0.466 e. The molecule has 0 bridgehead atoms. The van der Waals surface area contributed by atoms with Gasteiger partial charge in [0.25, 0.3) is 0 Å². The molecule has 0 aromatic heterocycles. The second kappa shape index (κ2) is 56.2. The Morgan fingerprint density at radius 2 is 0.712 bits per heavy atom. The van der Waals surface area contributed by atoms with Crippen molar-refractivity contribution >= 4 is 11.9 Å². The van der Waals surface area contributed by atoms with E-state index in [1.165, 1.54) is 231 Å². The molecular formula is C60H117NO5. The van der Waals surface area contributed by atoms with E-state index in [2.05, 4.69) is 31.3 Å². The molecule has 0 aromatic carbocycles. The molecule has 6 heteroatoms. The first-order chi connectivity index (χ1) is 32.5. The van der Waals surface area contributed by atoms with Crippen LogP contribution in [-0.2, 0) is 14.3 Å². The number of rotatable bonds is 56. The lowest BCUT2D eigenvalue weighted by molar-refractivity contribution is -0.143. The van der Waals surface area contributed by atoms with Gasteiger partial charge in [-0.3, -0.25) is 9.59 Å². The van der Waals surface area contributed by atoms with Gasteiger partial charge in [-0.2, -0.15) is 0 Å². The first kappa shape index (κ1) is 64.6. The maximum Gasteiger partial charge on any atom is 0.305 e. The van der Waals surface area contributed by atoms with E-state index in [0.717, 1.165) is 70.6 Å². The summed E-state index contributed by atoms with van der Waals surface area (Å²) < 4.78 is 5.47. The molecule has 0 aromatic rings. The Morgan fingerprint density at radius 1 is 0.409 bits per heavy atom. The highest BCUT2D eigenvalue weighted by molar-refractivity contribution is 5.76. The number of unbranched alkanes of at least 4 members (excludes halogenated alkanes) is 43. The van der Waals surface area contributed by atoms with E-state index in [-0.39, 0.29) is 18.5 Å². The lowest BCUT2D eigenvalue weighted by Crippen LogP contribution is -2.45. The minimum atomic E-state index is -0.681. The Balaban J connectivity index is 3.47. The quantitative estimate of drug-likeness (QED) is 0.0321. The fraction of sp³-hybridized carbons (Fsp3) is 0.933. The van der Waals surface area contributed by atoms with Crippen LogP contribution in [0.5, 0.6) is 0 Å². The van der Waals surface area contributed by atoms with Crippen molar-refractivity contribution in [1.82, 2.24) is 5.32 Å². The van der Waals surface area contributed by atoms with Crippen molar-refractivity contribution in [2.24, 2.45) is 0 Å². The molecule has 2 unspecified atom stereocenters. The normalized spacial score (nSPS) is 12.6. The molecule has 0 aliphatic carbocycles. The van der Waals surface area contributed by atoms with Gasteiger partial charge >= 0.3 is 5.97 Å². The number of esters is 1. The van der Waals surface area contributed by atoms with Crippen molar-refractivity contribution < 1.29 is 24.5 Å². The van der Waals surface area contributed by atoms with Crippen LogP contribution in [0.4, 0.5) is 0 Å². The fourth-order valence-corrected chi connectivity index (χ4v) is 9.46. The van der Waals surface area contributed by atoms with E-state index in [9.17, 15) is 19.8 Å². The molecule has 0 saturated carbocycles. The molecule has 1 amide bonds. The van der Waals surface area contributed by atoms with Gasteiger partial charge in [0.15, 0.2) is 0 Å². The predicted molar refractivity (Wildman–Crippen MR) is 287 cm³/mol. The molecule has 3 N–H and O–H groups in total. The molecule has 2 atom stereocenters. The molecule has 0 spiro atoms. The van der Waals surface area contributed by atoms with Crippen LogP contribution in [0, 0.1) is 0 Å². The summed E-state index contributed by atoms with van der Waals surface area (Å²) in [6.45, 7) is 4.94. The maximum absolute atomic E-state index is 12.5. The topological polar surface area (TPSA) is 95.9 Å². The Kier molecular flexibility index (Phi) is 55.0. The highest BCUT2D eigenvalue weighted by Crippen LogP contribution is 2.18. The number of allylic oxidation sites excluding steroid dienone is 2.